The number of ketones is 3. The predicted octanol–water partition coefficient (Wildman–Crippen LogP) is 15.0. The maximum Gasteiger partial charge on any atom is 0.338 e. The van der Waals surface area contributed by atoms with Crippen molar-refractivity contribution in [3.8, 4) is 0 Å². The number of carbonyl (C=O) groups is 10. The zero-order valence-electron chi connectivity index (χ0n) is 74.7. The molecule has 0 radical (unpaired) electrons. The van der Waals surface area contributed by atoms with Crippen molar-refractivity contribution in [1.29, 1.82) is 0 Å². The number of epoxide rings is 2. The molecule has 0 aliphatic carbocycles. The van der Waals surface area contributed by atoms with Gasteiger partial charge in [-0.1, -0.05) is 166 Å². The summed E-state index contributed by atoms with van der Waals surface area (Å²) >= 11 is 0. The average molecular weight is 1380 g/mol. The first-order valence-corrected chi connectivity index (χ1v) is 35.8. The van der Waals surface area contributed by atoms with Crippen LogP contribution in [0.2, 0.25) is 0 Å². The number of Topliss-reactive ketones (excluding diaryl/α,β-unsaturated/α-hetero) is 3. The zero-order chi connectivity index (χ0) is 84.2. The van der Waals surface area contributed by atoms with E-state index in [1.165, 1.54) is 13.8 Å². The number of rotatable bonds is 43. The highest BCUT2D eigenvalue weighted by Crippen LogP contribution is 2.30. The van der Waals surface area contributed by atoms with Crippen LogP contribution in [-0.4, -0.2) is 126 Å². The maximum atomic E-state index is 12.5. The van der Waals surface area contributed by atoms with Crippen LogP contribution in [0.5, 0.6) is 0 Å². The van der Waals surface area contributed by atoms with Crippen molar-refractivity contribution in [2.45, 2.75) is 307 Å². The Morgan fingerprint density at radius 2 is 0.646 bits per heavy atom. The lowest BCUT2D eigenvalue weighted by molar-refractivity contribution is -0.145. The van der Waals surface area contributed by atoms with Gasteiger partial charge in [0.2, 0.25) is 23.6 Å². The maximum absolute atomic E-state index is 12.5. The highest BCUT2D eigenvalue weighted by molar-refractivity contribution is 5.98. The third kappa shape index (κ3) is 53.2. The van der Waals surface area contributed by atoms with Crippen molar-refractivity contribution < 1.29 is 86.1 Å². The van der Waals surface area contributed by atoms with Crippen LogP contribution in [0.15, 0.2) is 0 Å². The summed E-state index contributed by atoms with van der Waals surface area (Å²) < 4.78 is 94.7. The number of esters is 1. The quantitative estimate of drug-likeness (QED) is 0.0244. The second-order valence-corrected chi connectivity index (χ2v) is 28.7. The fourth-order valence-electron chi connectivity index (χ4n) is 9.01. The largest absolute Gasteiger partial charge is 0.481 e. The van der Waals surface area contributed by atoms with Crippen LogP contribution >= 0.6 is 0 Å². The fourth-order valence-corrected chi connectivity index (χ4v) is 9.01. The van der Waals surface area contributed by atoms with Crippen molar-refractivity contribution in [1.82, 2.24) is 21.3 Å². The second-order valence-electron chi connectivity index (χ2n) is 28.7. The Bertz CT molecular complexity index is 2690. The number of nitrogens with one attached hydrogen (secondary N) is 4. The van der Waals surface area contributed by atoms with E-state index < -0.39 is 120 Å². The van der Waals surface area contributed by atoms with E-state index in [1.54, 1.807) is 48.5 Å². The molecule has 0 spiro atoms. The topological polar surface area (TPSA) is 294 Å². The van der Waals surface area contributed by atoms with Crippen LogP contribution in [0.25, 0.3) is 0 Å². The van der Waals surface area contributed by atoms with Gasteiger partial charge in [-0.15, -0.1) is 0 Å². The number of hydrogen-bond acceptors (Lipinski definition) is 13. The van der Waals surface area contributed by atoms with Gasteiger partial charge in [0.1, 0.15) is 12.2 Å². The third-order valence-corrected chi connectivity index (χ3v) is 14.2. The molecule has 0 aromatic carbocycles. The number of aliphatic carboxylic acids is 2. The molecule has 19 nitrogen and oxygen atoms in total. The standard InChI is InChI=1S/C18H31NO5.C17H29NO4.2C13H27NO.2C8H16O2/c1-6-23-18(22)16-15(24-16)14(20)10-13(9-12(4)5)17(21)19-8-7-11(2)3;1-10(2)6-7-18-17(21)13(8-11(3)4)9-14(20)16-15(22-16)12(5)19;2*1-6-12(9-11(4)5)13(15)14-8-7-10(2)3;2*1-4-7(8(9)10)5-6(2)3/h11-13,15-16H,6-10H2,1-5H3,(H,19,21);10-11,13,15-16H,6-9H2,1-5H3,(H,18,21);2*10-12H,6-9H2,1-5H3,(H,14,15);2*6-7H,4-5H2,1-3H3,(H,9,10)/t13-,15+,16-;13-,15+,16+;2*12-;2*7-/m001111/s1/i2*13D;9D2,12D;12D;5D2,7D;7D. The highest BCUT2D eigenvalue weighted by Gasteiger charge is 2.52. The SMILES string of the molecule is [2H]C([2H])(C(C)C)[C@@]([2H])(CC)C(=O)NCCC(C)C.[2H]C([2H])(C(C)C)[C@@]([2H])(CC)C(=O)O.[2H][C@@](CC(=O)[C@H]1O[C@@H]1C(=O)OCC)(CC(C)C)C(=O)NCCC(C)C.[2H][C@@](CC(=O)[C@H]1O[C@@H]1C(C)=O)(CC(C)C)C(=O)NCCC(C)C.[2H][C@@](CC)(CC(C)C)C(=O)NCCC(C)C.[2H][C@@](CC)(CC(C)C)C(=O)O. The van der Waals surface area contributed by atoms with Crippen molar-refractivity contribution in [2.75, 3.05) is 32.8 Å². The molecule has 0 aromatic heterocycles. The molecule has 0 saturated carbocycles. The summed E-state index contributed by atoms with van der Waals surface area (Å²) in [4.78, 5) is 118. The summed E-state index contributed by atoms with van der Waals surface area (Å²) in [6.45, 7) is 51.1. The molecule has 564 valence electrons. The van der Waals surface area contributed by atoms with E-state index in [9.17, 15) is 47.9 Å². The molecule has 2 fully saturated rings. The Morgan fingerprint density at radius 1 is 0.375 bits per heavy atom. The summed E-state index contributed by atoms with van der Waals surface area (Å²) in [5, 5.41) is 28.6. The Kier molecular flexibility index (Phi) is 45.8. The van der Waals surface area contributed by atoms with Crippen molar-refractivity contribution >= 4 is 58.9 Å². The van der Waals surface area contributed by atoms with E-state index in [2.05, 4.69) is 90.5 Å². The first-order valence-electron chi connectivity index (χ1n) is 40.8. The van der Waals surface area contributed by atoms with E-state index in [4.69, 9.17) is 38.1 Å². The lowest BCUT2D eigenvalue weighted by atomic mass is 9.90. The van der Waals surface area contributed by atoms with Gasteiger partial charge in [0.15, 0.2) is 29.6 Å². The molecule has 10 atom stereocenters. The summed E-state index contributed by atoms with van der Waals surface area (Å²) in [7, 11) is 0. The first-order chi connectivity index (χ1) is 48.2. The minimum Gasteiger partial charge on any atom is -0.481 e. The summed E-state index contributed by atoms with van der Waals surface area (Å²) in [5.41, 5.74) is 0. The molecule has 0 unspecified atom stereocenters. The summed E-state index contributed by atoms with van der Waals surface area (Å²) in [6, 6.07) is 0. The Balaban J connectivity index is -0.000000602. The van der Waals surface area contributed by atoms with E-state index in [0.717, 1.165) is 25.7 Å². The van der Waals surface area contributed by atoms with Gasteiger partial charge >= 0.3 is 17.9 Å². The Hall–Kier alpha value is -4.78. The minimum absolute atomic E-state index is 0.0342. The molecule has 2 heterocycles. The molecule has 2 saturated heterocycles. The third-order valence-electron chi connectivity index (χ3n) is 14.2. The molecule has 2 aliphatic rings. The molecular formula is C77H146N4O15. The van der Waals surface area contributed by atoms with Crippen LogP contribution in [0.4, 0.5) is 0 Å². The molecule has 19 heteroatoms. The summed E-state index contributed by atoms with van der Waals surface area (Å²) in [5.74, 6) is -12.4. The van der Waals surface area contributed by atoms with Gasteiger partial charge in [0, 0.05) is 76.3 Å². The Labute approximate surface area is 598 Å². The van der Waals surface area contributed by atoms with Crippen molar-refractivity contribution in [3.05, 3.63) is 0 Å². The van der Waals surface area contributed by atoms with Crippen molar-refractivity contribution in [3.63, 3.8) is 0 Å². The molecule has 6 N–H and O–H groups in total. The lowest BCUT2D eigenvalue weighted by Crippen LogP contribution is -2.35. The molecule has 4 amide bonds. The van der Waals surface area contributed by atoms with Crippen LogP contribution in [0, 0.1) is 94.5 Å². The zero-order valence-corrected chi connectivity index (χ0v) is 64.7. The van der Waals surface area contributed by atoms with Crippen LogP contribution in [0.1, 0.15) is 296 Å². The lowest BCUT2D eigenvalue weighted by Gasteiger charge is -2.18. The van der Waals surface area contributed by atoms with Gasteiger partial charge in [-0.25, -0.2) is 4.79 Å². The molecule has 0 bridgehead atoms. The normalized spacial score (nSPS) is 21.0. The predicted molar refractivity (Wildman–Crippen MR) is 388 cm³/mol. The monoisotopic (exact) mass is 1380 g/mol. The minimum atomic E-state index is -2.04. The number of carbonyl (C=O) groups excluding carboxylic acids is 8. The second kappa shape index (κ2) is 56.0. The molecule has 96 heavy (non-hydrogen) atoms. The van der Waals surface area contributed by atoms with Crippen LogP contribution < -0.4 is 21.3 Å². The van der Waals surface area contributed by atoms with Crippen LogP contribution in [-0.2, 0) is 62.2 Å². The van der Waals surface area contributed by atoms with Gasteiger partial charge in [-0.2, -0.15) is 0 Å². The fraction of sp³-hybridized carbons (Fsp3) is 0.870. The van der Waals surface area contributed by atoms with Crippen molar-refractivity contribution in [2.24, 2.45) is 94.5 Å². The van der Waals surface area contributed by atoms with E-state index >= 15 is 0 Å². The van der Waals surface area contributed by atoms with Gasteiger partial charge in [-0.05, 0) is 163 Å². The molecule has 2 rings (SSSR count). The van der Waals surface area contributed by atoms with Gasteiger partial charge in [-0.3, -0.25) is 43.2 Å². The molecule has 0 aromatic rings. The first kappa shape index (κ1) is 78.6. The highest BCUT2D eigenvalue weighted by atomic mass is 16.6. The Morgan fingerprint density at radius 3 is 0.885 bits per heavy atom. The number of carboxylic acid groups (broad SMARTS) is 2. The van der Waals surface area contributed by atoms with E-state index in [1.807, 2.05) is 48.5 Å². The number of amides is 4. The van der Waals surface area contributed by atoms with Gasteiger partial charge in [0.25, 0.3) is 0 Å². The number of ether oxygens (including phenoxy) is 3. The number of hydrogen-bond donors (Lipinski definition) is 6. The summed E-state index contributed by atoms with van der Waals surface area (Å²) in [6.07, 6.45) is -1.36. The molecule has 2 aliphatic heterocycles. The van der Waals surface area contributed by atoms with E-state index in [0.29, 0.717) is 87.9 Å². The van der Waals surface area contributed by atoms with Gasteiger partial charge < -0.3 is 45.7 Å². The molecular weight excluding hydrogens is 1220 g/mol. The van der Waals surface area contributed by atoms with E-state index in [-0.39, 0.29) is 79.9 Å². The smallest absolute Gasteiger partial charge is 0.338 e. The van der Waals surface area contributed by atoms with Gasteiger partial charge in [0.05, 0.1) is 18.4 Å². The number of carboxylic acids is 2. The average Bonchev–Trinajstić information content (AvgIpc) is 1.06. The van der Waals surface area contributed by atoms with Crippen LogP contribution in [0.3, 0.4) is 0 Å².